The van der Waals surface area contributed by atoms with Gasteiger partial charge in [0.2, 0.25) is 0 Å². The third kappa shape index (κ3) is 2.88. The second-order valence-corrected chi connectivity index (χ2v) is 5.71. The van der Waals surface area contributed by atoms with Gasteiger partial charge in [0.05, 0.1) is 0 Å². The Morgan fingerprint density at radius 1 is 1.38 bits per heavy atom. The zero-order valence-electron chi connectivity index (χ0n) is 11.2. The summed E-state index contributed by atoms with van der Waals surface area (Å²) in [5.41, 5.74) is 0.245. The fraction of sp³-hybridized carbons (Fsp3) is 0.846. The maximum Gasteiger partial charge on any atom is 0.119 e. The van der Waals surface area contributed by atoms with Crippen molar-refractivity contribution < 1.29 is 4.39 Å². The molecule has 3 heteroatoms. The first-order valence-corrected chi connectivity index (χ1v) is 6.46. The summed E-state index contributed by atoms with van der Waals surface area (Å²) in [5.74, 6) is 0.461. The van der Waals surface area contributed by atoms with Gasteiger partial charge in [-0.3, -0.25) is 0 Å². The standard InChI is InChI=1S/C13H25BFN/c1-10(2)11(3)13(16-9-14)7-5-12(4,15)6-8-13/h10,16H,3,5-9,14H2,1-2,4H3. The summed E-state index contributed by atoms with van der Waals surface area (Å²) in [4.78, 5) is 0. The van der Waals surface area contributed by atoms with Crippen LogP contribution in [-0.2, 0) is 0 Å². The summed E-state index contributed by atoms with van der Waals surface area (Å²) in [6.07, 6.45) is 3.97. The molecule has 1 nitrogen and oxygen atoms in total. The molecular formula is C13H25BFN. The molecule has 0 radical (unpaired) electrons. The Kier molecular flexibility index (Phi) is 4.22. The Morgan fingerprint density at radius 2 is 1.88 bits per heavy atom. The number of halogens is 1. The normalized spacial score (nSPS) is 35.3. The largest absolute Gasteiger partial charge is 0.316 e. The maximum absolute atomic E-state index is 13.9. The number of alkyl halides is 1. The van der Waals surface area contributed by atoms with Gasteiger partial charge in [0.15, 0.2) is 0 Å². The molecule has 0 bridgehead atoms. The van der Waals surface area contributed by atoms with Crippen molar-refractivity contribution in [3.05, 3.63) is 12.2 Å². The van der Waals surface area contributed by atoms with Gasteiger partial charge in [0.1, 0.15) is 13.5 Å². The predicted molar refractivity (Wildman–Crippen MR) is 71.2 cm³/mol. The van der Waals surface area contributed by atoms with Crippen molar-refractivity contribution in [3.63, 3.8) is 0 Å². The zero-order chi connectivity index (χ0) is 12.4. The Bertz CT molecular complexity index is 251. The molecular weight excluding hydrogens is 200 g/mol. The first kappa shape index (κ1) is 13.8. The fourth-order valence-electron chi connectivity index (χ4n) is 2.70. The van der Waals surface area contributed by atoms with Gasteiger partial charge in [-0.25, -0.2) is 4.39 Å². The third-order valence-corrected chi connectivity index (χ3v) is 3.97. The van der Waals surface area contributed by atoms with Gasteiger partial charge in [0, 0.05) is 5.54 Å². The van der Waals surface area contributed by atoms with Gasteiger partial charge < -0.3 is 5.32 Å². The molecule has 1 aliphatic rings. The molecule has 0 unspecified atom stereocenters. The highest BCUT2D eigenvalue weighted by Crippen LogP contribution is 2.42. The Labute approximate surface area is 100 Å². The smallest absolute Gasteiger partial charge is 0.119 e. The van der Waals surface area contributed by atoms with Gasteiger partial charge in [-0.15, -0.1) is 0 Å². The second kappa shape index (κ2) is 4.91. The highest BCUT2D eigenvalue weighted by Gasteiger charge is 2.42. The summed E-state index contributed by atoms with van der Waals surface area (Å²) in [7, 11) is 2.11. The van der Waals surface area contributed by atoms with Crippen LogP contribution in [0, 0.1) is 5.92 Å². The maximum atomic E-state index is 13.9. The van der Waals surface area contributed by atoms with Crippen LogP contribution in [0.15, 0.2) is 12.2 Å². The van der Waals surface area contributed by atoms with Crippen molar-refractivity contribution in [1.82, 2.24) is 5.32 Å². The van der Waals surface area contributed by atoms with E-state index in [1.165, 1.54) is 5.57 Å². The minimum atomic E-state index is -0.976. The average molecular weight is 225 g/mol. The molecule has 0 aromatic rings. The second-order valence-electron chi connectivity index (χ2n) is 5.71. The van der Waals surface area contributed by atoms with Crippen LogP contribution < -0.4 is 5.32 Å². The van der Waals surface area contributed by atoms with Gasteiger partial charge in [-0.1, -0.05) is 26.0 Å². The van der Waals surface area contributed by atoms with Crippen molar-refractivity contribution in [2.45, 2.75) is 57.7 Å². The summed E-state index contributed by atoms with van der Waals surface area (Å²) in [6, 6.07) is 0. The molecule has 1 aliphatic carbocycles. The minimum absolute atomic E-state index is 0.0193. The lowest BCUT2D eigenvalue weighted by molar-refractivity contribution is 0.0875. The van der Waals surface area contributed by atoms with Crippen molar-refractivity contribution in [3.8, 4) is 0 Å². The molecule has 0 aliphatic heterocycles. The van der Waals surface area contributed by atoms with Crippen molar-refractivity contribution in [2.24, 2.45) is 5.92 Å². The Morgan fingerprint density at radius 3 is 2.25 bits per heavy atom. The molecule has 0 heterocycles. The lowest BCUT2D eigenvalue weighted by Gasteiger charge is -2.45. The van der Waals surface area contributed by atoms with E-state index in [1.807, 2.05) is 0 Å². The zero-order valence-corrected chi connectivity index (χ0v) is 11.2. The molecule has 1 N–H and O–H groups in total. The highest BCUT2D eigenvalue weighted by atomic mass is 19.1. The van der Waals surface area contributed by atoms with Gasteiger partial charge in [0.25, 0.3) is 0 Å². The van der Waals surface area contributed by atoms with Crippen LogP contribution >= 0.6 is 0 Å². The van der Waals surface area contributed by atoms with Gasteiger partial charge in [-0.2, -0.15) is 0 Å². The van der Waals surface area contributed by atoms with Crippen molar-refractivity contribution >= 4 is 7.85 Å². The lowest BCUT2D eigenvalue weighted by Crippen LogP contribution is -2.52. The molecule has 1 rings (SSSR count). The van der Waals surface area contributed by atoms with E-state index >= 15 is 0 Å². The van der Waals surface area contributed by atoms with Crippen LogP contribution in [0.3, 0.4) is 0 Å². The molecule has 1 fully saturated rings. The van der Waals surface area contributed by atoms with E-state index in [4.69, 9.17) is 0 Å². The average Bonchev–Trinajstić information content (AvgIpc) is 2.21. The van der Waals surface area contributed by atoms with E-state index in [0.29, 0.717) is 18.8 Å². The van der Waals surface area contributed by atoms with E-state index in [0.717, 1.165) is 19.3 Å². The van der Waals surface area contributed by atoms with E-state index in [-0.39, 0.29) is 5.54 Å². The van der Waals surface area contributed by atoms with Crippen LogP contribution in [0.4, 0.5) is 4.39 Å². The number of hydrogen-bond donors (Lipinski definition) is 1. The molecule has 0 saturated heterocycles. The molecule has 0 spiro atoms. The molecule has 16 heavy (non-hydrogen) atoms. The van der Waals surface area contributed by atoms with Crippen LogP contribution in [0.25, 0.3) is 0 Å². The monoisotopic (exact) mass is 225 g/mol. The molecule has 0 aromatic carbocycles. The molecule has 0 aromatic heterocycles. The van der Waals surface area contributed by atoms with Crippen molar-refractivity contribution in [1.29, 1.82) is 0 Å². The minimum Gasteiger partial charge on any atom is -0.316 e. The van der Waals surface area contributed by atoms with E-state index in [2.05, 4.69) is 33.6 Å². The number of hydrogen-bond acceptors (Lipinski definition) is 1. The quantitative estimate of drug-likeness (QED) is 0.572. The van der Waals surface area contributed by atoms with Crippen LogP contribution in [0.5, 0.6) is 0 Å². The van der Waals surface area contributed by atoms with Crippen LogP contribution in [0.2, 0.25) is 0 Å². The fourth-order valence-corrected chi connectivity index (χ4v) is 2.70. The molecule has 92 valence electrons. The van der Waals surface area contributed by atoms with Crippen LogP contribution in [-0.4, -0.2) is 25.5 Å². The Hall–Kier alpha value is -0.305. The van der Waals surface area contributed by atoms with Crippen molar-refractivity contribution in [2.75, 3.05) is 6.44 Å². The third-order valence-electron chi connectivity index (χ3n) is 3.97. The number of nitrogens with one attached hydrogen (secondary N) is 1. The SMILES string of the molecule is BCNC1(C(=C)C(C)C)CCC(C)(F)CC1. The Balaban J connectivity index is 2.80. The number of rotatable bonds is 4. The molecule has 0 amide bonds. The molecule has 1 saturated carbocycles. The topological polar surface area (TPSA) is 12.0 Å². The molecule has 0 atom stereocenters. The van der Waals surface area contributed by atoms with E-state index in [1.54, 1.807) is 6.92 Å². The summed E-state index contributed by atoms with van der Waals surface area (Å²) in [5, 5.41) is 3.55. The van der Waals surface area contributed by atoms with Crippen LogP contribution in [0.1, 0.15) is 46.5 Å². The first-order chi connectivity index (χ1) is 7.33. The van der Waals surface area contributed by atoms with E-state index < -0.39 is 5.67 Å². The van der Waals surface area contributed by atoms with Gasteiger partial charge in [-0.05, 0) is 45.0 Å². The predicted octanol–water partition coefficient (Wildman–Crippen LogP) is 2.42. The van der Waals surface area contributed by atoms with Gasteiger partial charge >= 0.3 is 0 Å². The first-order valence-electron chi connectivity index (χ1n) is 6.46. The highest BCUT2D eigenvalue weighted by molar-refractivity contribution is 6.08. The van der Waals surface area contributed by atoms with E-state index in [9.17, 15) is 4.39 Å². The summed E-state index contributed by atoms with van der Waals surface area (Å²) in [6.45, 7) is 10.3. The lowest BCUT2D eigenvalue weighted by atomic mass is 9.69. The summed E-state index contributed by atoms with van der Waals surface area (Å²) < 4.78 is 13.9. The summed E-state index contributed by atoms with van der Waals surface area (Å²) >= 11 is 0.